The lowest BCUT2D eigenvalue weighted by Gasteiger charge is -2.12. The SMILES string of the molecule is CCc1ccc(C(CCS(C)(=O)=O)NN)o1. The Morgan fingerprint density at radius 3 is 2.62 bits per heavy atom. The van der Waals surface area contributed by atoms with Crippen molar-refractivity contribution in [3.63, 3.8) is 0 Å². The maximum atomic E-state index is 11.0. The zero-order valence-electron chi connectivity index (χ0n) is 9.56. The van der Waals surface area contributed by atoms with Gasteiger partial charge in [0.05, 0.1) is 11.8 Å². The lowest BCUT2D eigenvalue weighted by molar-refractivity contribution is 0.391. The van der Waals surface area contributed by atoms with Crippen molar-refractivity contribution in [3.8, 4) is 0 Å². The largest absolute Gasteiger partial charge is 0.464 e. The van der Waals surface area contributed by atoms with Crippen molar-refractivity contribution in [2.45, 2.75) is 25.8 Å². The monoisotopic (exact) mass is 246 g/mol. The van der Waals surface area contributed by atoms with E-state index in [2.05, 4.69) is 5.43 Å². The zero-order chi connectivity index (χ0) is 12.2. The summed E-state index contributed by atoms with van der Waals surface area (Å²) >= 11 is 0. The number of sulfone groups is 1. The Morgan fingerprint density at radius 1 is 1.50 bits per heavy atom. The minimum atomic E-state index is -2.97. The smallest absolute Gasteiger partial charge is 0.147 e. The van der Waals surface area contributed by atoms with E-state index in [0.29, 0.717) is 12.2 Å². The summed E-state index contributed by atoms with van der Waals surface area (Å²) in [6, 6.07) is 3.45. The first-order chi connectivity index (χ1) is 7.46. The van der Waals surface area contributed by atoms with Gasteiger partial charge in [-0.2, -0.15) is 0 Å². The summed E-state index contributed by atoms with van der Waals surface area (Å²) in [7, 11) is -2.97. The number of aryl methyl sites for hydroxylation is 1. The molecule has 0 aliphatic heterocycles. The van der Waals surface area contributed by atoms with Gasteiger partial charge in [-0.3, -0.25) is 5.84 Å². The number of hydrogen-bond acceptors (Lipinski definition) is 5. The minimum Gasteiger partial charge on any atom is -0.464 e. The van der Waals surface area contributed by atoms with Crippen LogP contribution in [0.1, 0.15) is 30.9 Å². The summed E-state index contributed by atoms with van der Waals surface area (Å²) < 4.78 is 27.6. The molecule has 1 heterocycles. The highest BCUT2D eigenvalue weighted by Crippen LogP contribution is 2.19. The molecule has 0 aromatic carbocycles. The number of nitrogens with one attached hydrogen (secondary N) is 1. The fourth-order valence-corrected chi connectivity index (χ4v) is 2.08. The quantitative estimate of drug-likeness (QED) is 0.572. The van der Waals surface area contributed by atoms with Gasteiger partial charge in [0.1, 0.15) is 21.4 Å². The van der Waals surface area contributed by atoms with E-state index in [4.69, 9.17) is 10.3 Å². The highest BCUT2D eigenvalue weighted by molar-refractivity contribution is 7.90. The number of rotatable bonds is 6. The van der Waals surface area contributed by atoms with Crippen LogP contribution in [0.15, 0.2) is 16.5 Å². The molecule has 92 valence electrons. The Morgan fingerprint density at radius 2 is 2.19 bits per heavy atom. The van der Waals surface area contributed by atoms with E-state index in [1.807, 2.05) is 19.1 Å². The average molecular weight is 246 g/mol. The van der Waals surface area contributed by atoms with Crippen LogP contribution in [0.2, 0.25) is 0 Å². The van der Waals surface area contributed by atoms with Gasteiger partial charge >= 0.3 is 0 Å². The van der Waals surface area contributed by atoms with Crippen molar-refractivity contribution in [3.05, 3.63) is 23.7 Å². The topological polar surface area (TPSA) is 85.3 Å². The summed E-state index contributed by atoms with van der Waals surface area (Å²) in [5.74, 6) is 7.02. The average Bonchev–Trinajstić information content (AvgIpc) is 2.65. The van der Waals surface area contributed by atoms with Crippen molar-refractivity contribution in [2.75, 3.05) is 12.0 Å². The van der Waals surface area contributed by atoms with Crippen LogP contribution in [-0.4, -0.2) is 20.4 Å². The Balaban J connectivity index is 2.67. The molecule has 5 nitrogen and oxygen atoms in total. The lowest BCUT2D eigenvalue weighted by Crippen LogP contribution is -2.29. The van der Waals surface area contributed by atoms with E-state index < -0.39 is 9.84 Å². The zero-order valence-corrected chi connectivity index (χ0v) is 10.4. The summed E-state index contributed by atoms with van der Waals surface area (Å²) in [6.45, 7) is 1.99. The van der Waals surface area contributed by atoms with Crippen molar-refractivity contribution < 1.29 is 12.8 Å². The van der Waals surface area contributed by atoms with Crippen molar-refractivity contribution >= 4 is 9.84 Å². The summed E-state index contributed by atoms with van der Waals surface area (Å²) in [4.78, 5) is 0. The number of hydrazine groups is 1. The summed E-state index contributed by atoms with van der Waals surface area (Å²) in [5, 5.41) is 0. The molecule has 0 aliphatic rings. The van der Waals surface area contributed by atoms with Gasteiger partial charge in [-0.05, 0) is 18.6 Å². The molecule has 0 aliphatic carbocycles. The second-order valence-corrected chi connectivity index (χ2v) is 6.06. The van der Waals surface area contributed by atoms with E-state index >= 15 is 0 Å². The molecule has 1 atom stereocenters. The predicted molar refractivity (Wildman–Crippen MR) is 62.5 cm³/mol. The Labute approximate surface area is 95.9 Å². The van der Waals surface area contributed by atoms with Gasteiger partial charge < -0.3 is 4.42 Å². The Hall–Kier alpha value is -0.850. The van der Waals surface area contributed by atoms with Gasteiger partial charge in [-0.15, -0.1) is 0 Å². The molecule has 0 radical (unpaired) electrons. The molecule has 0 spiro atoms. The van der Waals surface area contributed by atoms with E-state index in [1.165, 1.54) is 6.26 Å². The van der Waals surface area contributed by atoms with E-state index in [-0.39, 0.29) is 11.8 Å². The molecule has 1 aromatic heterocycles. The van der Waals surface area contributed by atoms with Crippen molar-refractivity contribution in [1.29, 1.82) is 0 Å². The molecule has 0 bridgehead atoms. The number of furan rings is 1. The molecule has 0 fully saturated rings. The molecule has 1 aromatic rings. The summed E-state index contributed by atoms with van der Waals surface area (Å²) in [6.07, 6.45) is 2.43. The molecule has 1 unspecified atom stereocenters. The molecule has 16 heavy (non-hydrogen) atoms. The Bertz CT molecular complexity index is 425. The van der Waals surface area contributed by atoms with Crippen LogP contribution in [0.4, 0.5) is 0 Å². The van der Waals surface area contributed by atoms with Crippen LogP contribution in [-0.2, 0) is 16.3 Å². The molecule has 0 saturated carbocycles. The second-order valence-electron chi connectivity index (χ2n) is 3.80. The van der Waals surface area contributed by atoms with Crippen LogP contribution >= 0.6 is 0 Å². The number of nitrogens with two attached hydrogens (primary N) is 1. The second kappa shape index (κ2) is 5.47. The van der Waals surface area contributed by atoms with Crippen LogP contribution in [0.25, 0.3) is 0 Å². The van der Waals surface area contributed by atoms with Gasteiger partial charge in [0, 0.05) is 12.7 Å². The van der Waals surface area contributed by atoms with E-state index in [1.54, 1.807) is 0 Å². The minimum absolute atomic E-state index is 0.0873. The molecule has 1 rings (SSSR count). The third kappa shape index (κ3) is 3.96. The predicted octanol–water partition coefficient (Wildman–Crippen LogP) is 0.781. The molecular weight excluding hydrogens is 228 g/mol. The fraction of sp³-hybridized carbons (Fsp3) is 0.600. The highest BCUT2D eigenvalue weighted by Gasteiger charge is 2.16. The molecule has 3 N–H and O–H groups in total. The first kappa shape index (κ1) is 13.2. The van der Waals surface area contributed by atoms with E-state index in [0.717, 1.165) is 12.2 Å². The van der Waals surface area contributed by atoms with Gasteiger partial charge in [0.25, 0.3) is 0 Å². The van der Waals surface area contributed by atoms with Gasteiger partial charge in [0.2, 0.25) is 0 Å². The maximum Gasteiger partial charge on any atom is 0.147 e. The third-order valence-electron chi connectivity index (χ3n) is 2.35. The van der Waals surface area contributed by atoms with Gasteiger partial charge in [0.15, 0.2) is 0 Å². The normalized spacial score (nSPS) is 13.9. The van der Waals surface area contributed by atoms with E-state index in [9.17, 15) is 8.42 Å². The highest BCUT2D eigenvalue weighted by atomic mass is 32.2. The molecule has 0 saturated heterocycles. The van der Waals surface area contributed by atoms with Crippen LogP contribution in [0.5, 0.6) is 0 Å². The van der Waals surface area contributed by atoms with Crippen LogP contribution < -0.4 is 11.3 Å². The first-order valence-corrected chi connectivity index (χ1v) is 7.24. The maximum absolute atomic E-state index is 11.0. The fourth-order valence-electron chi connectivity index (χ4n) is 1.41. The Kier molecular flexibility index (Phi) is 4.52. The molecule has 0 amide bonds. The standard InChI is InChI=1S/C10H18N2O3S/c1-3-8-4-5-10(15-8)9(12-11)6-7-16(2,13)14/h4-5,9,12H,3,6-7,11H2,1-2H3. The first-order valence-electron chi connectivity index (χ1n) is 5.18. The van der Waals surface area contributed by atoms with Crippen LogP contribution in [0.3, 0.4) is 0 Å². The van der Waals surface area contributed by atoms with Gasteiger partial charge in [-0.25, -0.2) is 13.8 Å². The van der Waals surface area contributed by atoms with Crippen molar-refractivity contribution in [2.24, 2.45) is 5.84 Å². The molecule has 6 heteroatoms. The van der Waals surface area contributed by atoms with Crippen molar-refractivity contribution in [1.82, 2.24) is 5.43 Å². The lowest BCUT2D eigenvalue weighted by atomic mass is 10.2. The third-order valence-corrected chi connectivity index (χ3v) is 3.33. The van der Waals surface area contributed by atoms with Gasteiger partial charge in [-0.1, -0.05) is 6.92 Å². The molecular formula is C10H18N2O3S. The summed E-state index contributed by atoms with van der Waals surface area (Å²) in [5.41, 5.74) is 2.57. The number of hydrogen-bond donors (Lipinski definition) is 2. The van der Waals surface area contributed by atoms with Crippen LogP contribution in [0, 0.1) is 0 Å².